The summed E-state index contributed by atoms with van der Waals surface area (Å²) in [7, 11) is 3.24. The highest BCUT2D eigenvalue weighted by molar-refractivity contribution is 6.04. The van der Waals surface area contributed by atoms with Crippen LogP contribution < -0.4 is 9.47 Å². The minimum absolute atomic E-state index is 0.0118. The summed E-state index contributed by atoms with van der Waals surface area (Å²) in [5.41, 5.74) is 2.40. The van der Waals surface area contributed by atoms with E-state index in [-0.39, 0.29) is 11.9 Å². The number of hydrogen-bond donors (Lipinski definition) is 1. The van der Waals surface area contributed by atoms with Crippen molar-refractivity contribution in [2.24, 2.45) is 0 Å². The van der Waals surface area contributed by atoms with Crippen molar-refractivity contribution in [3.63, 3.8) is 0 Å². The molecule has 1 aliphatic heterocycles. The number of H-pyrrole nitrogens is 1. The van der Waals surface area contributed by atoms with Crippen molar-refractivity contribution in [3.8, 4) is 11.5 Å². The van der Waals surface area contributed by atoms with Crippen LogP contribution in [0.2, 0.25) is 0 Å². The second-order valence-electron chi connectivity index (χ2n) is 6.39. The predicted octanol–water partition coefficient (Wildman–Crippen LogP) is 3.56. The molecule has 2 heterocycles. The molecular formula is C20H21N3O3. The Morgan fingerprint density at radius 1 is 1.15 bits per heavy atom. The normalized spacial score (nSPS) is 16.8. The van der Waals surface area contributed by atoms with Crippen LogP contribution in [0.15, 0.2) is 42.5 Å². The van der Waals surface area contributed by atoms with E-state index in [0.29, 0.717) is 17.2 Å². The third-order valence-corrected chi connectivity index (χ3v) is 4.98. The lowest BCUT2D eigenvalue weighted by Gasteiger charge is -2.25. The van der Waals surface area contributed by atoms with E-state index < -0.39 is 0 Å². The molecule has 0 bridgehead atoms. The number of nitrogens with zero attached hydrogens (tertiary/aromatic N) is 2. The zero-order chi connectivity index (χ0) is 18.1. The van der Waals surface area contributed by atoms with Gasteiger partial charge in [0.05, 0.1) is 25.8 Å². The van der Waals surface area contributed by atoms with E-state index in [9.17, 15) is 4.79 Å². The number of carbonyl (C=O) groups is 1. The van der Waals surface area contributed by atoms with E-state index in [1.54, 1.807) is 14.2 Å². The van der Waals surface area contributed by atoms with Crippen LogP contribution >= 0.6 is 0 Å². The first-order valence-corrected chi connectivity index (χ1v) is 8.69. The highest BCUT2D eigenvalue weighted by Crippen LogP contribution is 2.37. The van der Waals surface area contributed by atoms with Gasteiger partial charge in [-0.2, -0.15) is 5.10 Å². The molecule has 134 valence electrons. The number of rotatable bonds is 4. The Balaban J connectivity index is 1.67. The van der Waals surface area contributed by atoms with E-state index in [2.05, 4.69) is 10.2 Å². The summed E-state index contributed by atoms with van der Waals surface area (Å²) in [5.74, 6) is 1.32. The maximum Gasteiger partial charge on any atom is 0.275 e. The van der Waals surface area contributed by atoms with E-state index in [1.807, 2.05) is 47.4 Å². The van der Waals surface area contributed by atoms with Gasteiger partial charge in [-0.15, -0.1) is 0 Å². The number of amides is 1. The number of para-hydroxylation sites is 1. The minimum Gasteiger partial charge on any atom is -0.493 e. The van der Waals surface area contributed by atoms with Crippen LogP contribution in [-0.4, -0.2) is 41.8 Å². The Morgan fingerprint density at radius 2 is 1.96 bits per heavy atom. The van der Waals surface area contributed by atoms with Gasteiger partial charge in [-0.3, -0.25) is 9.89 Å². The predicted molar refractivity (Wildman–Crippen MR) is 98.7 cm³/mol. The number of benzene rings is 2. The molecule has 1 N–H and O–H groups in total. The first-order chi connectivity index (χ1) is 12.7. The fourth-order valence-electron chi connectivity index (χ4n) is 3.68. The molecule has 0 spiro atoms. The van der Waals surface area contributed by atoms with Gasteiger partial charge in [0.15, 0.2) is 17.2 Å². The van der Waals surface area contributed by atoms with Gasteiger partial charge in [0.25, 0.3) is 5.91 Å². The second-order valence-corrected chi connectivity index (χ2v) is 6.39. The van der Waals surface area contributed by atoms with E-state index in [1.165, 1.54) is 0 Å². The van der Waals surface area contributed by atoms with Crippen LogP contribution in [0.25, 0.3) is 10.9 Å². The Labute approximate surface area is 151 Å². The van der Waals surface area contributed by atoms with Gasteiger partial charge in [-0.25, -0.2) is 0 Å². The summed E-state index contributed by atoms with van der Waals surface area (Å²) in [6.45, 7) is 0.721. The average Bonchev–Trinajstić information content (AvgIpc) is 3.34. The van der Waals surface area contributed by atoms with Gasteiger partial charge in [0.1, 0.15) is 0 Å². The molecule has 0 aliphatic carbocycles. The SMILES string of the molecule is COc1ccc([C@@H]2CCCN2C(=O)c2n[nH]c3ccccc23)cc1OC. The maximum absolute atomic E-state index is 13.2. The highest BCUT2D eigenvalue weighted by atomic mass is 16.5. The van der Waals surface area contributed by atoms with Crippen molar-refractivity contribution in [3.05, 3.63) is 53.7 Å². The Hall–Kier alpha value is -3.02. The molecule has 6 heteroatoms. The lowest BCUT2D eigenvalue weighted by Crippen LogP contribution is -2.31. The number of methoxy groups -OCH3 is 2. The summed E-state index contributed by atoms with van der Waals surface area (Å²) in [4.78, 5) is 15.1. The number of nitrogens with one attached hydrogen (secondary N) is 1. The van der Waals surface area contributed by atoms with Gasteiger partial charge < -0.3 is 14.4 Å². The number of fused-ring (bicyclic) bond motifs is 1. The zero-order valence-corrected chi connectivity index (χ0v) is 14.9. The van der Waals surface area contributed by atoms with E-state index in [4.69, 9.17) is 9.47 Å². The van der Waals surface area contributed by atoms with Crippen molar-refractivity contribution < 1.29 is 14.3 Å². The molecule has 1 aromatic heterocycles. The van der Waals surface area contributed by atoms with Crippen molar-refractivity contribution in [2.45, 2.75) is 18.9 Å². The summed E-state index contributed by atoms with van der Waals surface area (Å²) in [6, 6.07) is 13.6. The topological polar surface area (TPSA) is 67.5 Å². The van der Waals surface area contributed by atoms with Gasteiger partial charge in [0, 0.05) is 11.9 Å². The number of ether oxygens (including phenoxy) is 2. The van der Waals surface area contributed by atoms with Crippen LogP contribution in [-0.2, 0) is 0 Å². The first-order valence-electron chi connectivity index (χ1n) is 8.69. The highest BCUT2D eigenvalue weighted by Gasteiger charge is 2.33. The minimum atomic E-state index is -0.0419. The fourth-order valence-corrected chi connectivity index (χ4v) is 3.68. The van der Waals surface area contributed by atoms with Gasteiger partial charge >= 0.3 is 0 Å². The molecule has 4 rings (SSSR count). The van der Waals surface area contributed by atoms with Gasteiger partial charge in [-0.1, -0.05) is 24.3 Å². The molecule has 0 saturated carbocycles. The lowest BCUT2D eigenvalue weighted by molar-refractivity contribution is 0.0731. The number of likely N-dealkylation sites (tertiary alicyclic amines) is 1. The summed E-state index contributed by atoms with van der Waals surface area (Å²) >= 11 is 0. The summed E-state index contributed by atoms with van der Waals surface area (Å²) in [5, 5.41) is 8.07. The molecule has 1 atom stereocenters. The largest absolute Gasteiger partial charge is 0.493 e. The molecule has 1 amide bonds. The van der Waals surface area contributed by atoms with Gasteiger partial charge in [0.2, 0.25) is 0 Å². The smallest absolute Gasteiger partial charge is 0.275 e. The van der Waals surface area contributed by atoms with E-state index >= 15 is 0 Å². The molecule has 0 unspecified atom stereocenters. The van der Waals surface area contributed by atoms with Crippen molar-refractivity contribution in [1.29, 1.82) is 0 Å². The molecular weight excluding hydrogens is 330 g/mol. The molecule has 1 aliphatic rings. The Bertz CT molecular complexity index is 950. The van der Waals surface area contributed by atoms with Crippen LogP contribution in [0.1, 0.15) is 34.9 Å². The molecule has 6 nitrogen and oxygen atoms in total. The lowest BCUT2D eigenvalue weighted by atomic mass is 10.0. The standard InChI is InChI=1S/C20H21N3O3/c1-25-17-10-9-13(12-18(17)26-2)16-8-5-11-23(16)20(24)19-14-6-3-4-7-15(14)21-22-19/h3-4,6-7,9-10,12,16H,5,8,11H2,1-2H3,(H,21,22)/t16-/m0/s1. The molecule has 1 saturated heterocycles. The third-order valence-electron chi connectivity index (χ3n) is 4.98. The quantitative estimate of drug-likeness (QED) is 0.780. The Kier molecular flexibility index (Phi) is 4.24. The number of carbonyl (C=O) groups excluding carboxylic acids is 1. The third kappa shape index (κ3) is 2.67. The fraction of sp³-hybridized carbons (Fsp3) is 0.300. The van der Waals surface area contributed by atoms with Crippen LogP contribution in [0, 0.1) is 0 Å². The van der Waals surface area contributed by atoms with Crippen LogP contribution in [0.3, 0.4) is 0 Å². The van der Waals surface area contributed by atoms with Crippen LogP contribution in [0.5, 0.6) is 11.5 Å². The van der Waals surface area contributed by atoms with Gasteiger partial charge in [-0.05, 0) is 36.6 Å². The summed E-state index contributed by atoms with van der Waals surface area (Å²) < 4.78 is 10.7. The molecule has 0 radical (unpaired) electrons. The van der Waals surface area contributed by atoms with E-state index in [0.717, 1.165) is 35.9 Å². The van der Waals surface area contributed by atoms with Crippen LogP contribution in [0.4, 0.5) is 0 Å². The first kappa shape index (κ1) is 16.4. The molecule has 26 heavy (non-hydrogen) atoms. The molecule has 1 fully saturated rings. The molecule has 3 aromatic rings. The van der Waals surface area contributed by atoms with Crippen molar-refractivity contribution in [2.75, 3.05) is 20.8 Å². The van der Waals surface area contributed by atoms with Crippen molar-refractivity contribution in [1.82, 2.24) is 15.1 Å². The second kappa shape index (κ2) is 6.71. The molecule has 2 aromatic carbocycles. The Morgan fingerprint density at radius 3 is 2.77 bits per heavy atom. The monoisotopic (exact) mass is 351 g/mol. The number of aromatic nitrogens is 2. The van der Waals surface area contributed by atoms with Crippen molar-refractivity contribution >= 4 is 16.8 Å². The maximum atomic E-state index is 13.2. The zero-order valence-electron chi connectivity index (χ0n) is 14.9. The average molecular weight is 351 g/mol. The number of hydrogen-bond acceptors (Lipinski definition) is 4. The number of aromatic amines is 1. The summed E-state index contributed by atoms with van der Waals surface area (Å²) in [6.07, 6.45) is 1.89.